The van der Waals surface area contributed by atoms with Gasteiger partial charge in [0.2, 0.25) is 0 Å². The first kappa shape index (κ1) is 34.6. The fraction of sp³-hybridized carbons (Fsp3) is 0.351. The number of esters is 2. The summed E-state index contributed by atoms with van der Waals surface area (Å²) in [5.74, 6) is -2.04. The summed E-state index contributed by atoms with van der Waals surface area (Å²) in [5.41, 5.74) is -0.679. The van der Waals surface area contributed by atoms with Crippen LogP contribution in [-0.2, 0) is 34.8 Å². The Morgan fingerprint density at radius 1 is 0.800 bits per heavy atom. The van der Waals surface area contributed by atoms with Gasteiger partial charge in [-0.15, -0.1) is 0 Å². The molecule has 0 N–H and O–H groups in total. The molecule has 3 aromatic rings. The molecular weight excluding hydrogens is 648 g/mol. The number of halogens is 1. The molecule has 1 aliphatic carbocycles. The van der Waals surface area contributed by atoms with Gasteiger partial charge in [0.25, 0.3) is 8.32 Å². The minimum absolute atomic E-state index is 0.275. The standard InChI is InChI=1S/C37H43BrO6Si/c1-36(2,3)45(32-17-11-7-12-18-32,33-19-13-8-14-20-33)44-31-25-29(37(23-24-38,34(39)41-4)35(40)42-5)21-22-30(26-31)43-27-28-15-9-6-10-16-28/h6-24,29-31H,25-27H2,1-5H3/b24-23+/t29-,30+,31-/m1/s1. The number of carbonyl (C=O) groups excluding carboxylic acids is 2. The van der Waals surface area contributed by atoms with Gasteiger partial charge in [0.15, 0.2) is 5.41 Å². The Hall–Kier alpha value is -3.30. The van der Waals surface area contributed by atoms with Gasteiger partial charge in [0.05, 0.1) is 26.9 Å². The van der Waals surface area contributed by atoms with E-state index in [1.807, 2.05) is 54.6 Å². The average molecular weight is 692 g/mol. The highest BCUT2D eigenvalue weighted by molar-refractivity contribution is 9.11. The lowest BCUT2D eigenvalue weighted by Gasteiger charge is -2.46. The molecule has 0 aliphatic heterocycles. The molecule has 4 rings (SSSR count). The molecule has 3 atom stereocenters. The SMILES string of the molecule is COC(=O)C(/C=C/Br)(C(=O)OC)[C@@H]1C=C[C@H](OCc2ccccc2)C[C@H](O[Si](c2ccccc2)(c2ccccc2)C(C)(C)C)C1. The van der Waals surface area contributed by atoms with E-state index in [1.54, 1.807) is 0 Å². The van der Waals surface area contributed by atoms with Gasteiger partial charge in [0, 0.05) is 18.4 Å². The molecule has 0 heterocycles. The van der Waals surface area contributed by atoms with Crippen LogP contribution in [0.1, 0.15) is 39.2 Å². The van der Waals surface area contributed by atoms with E-state index in [0.29, 0.717) is 19.4 Å². The van der Waals surface area contributed by atoms with Crippen molar-refractivity contribution in [1.82, 2.24) is 0 Å². The first-order valence-electron chi connectivity index (χ1n) is 15.2. The lowest BCUT2D eigenvalue weighted by molar-refractivity contribution is -0.168. The van der Waals surface area contributed by atoms with Gasteiger partial charge >= 0.3 is 11.9 Å². The summed E-state index contributed by atoms with van der Waals surface area (Å²) in [7, 11) is -0.432. The summed E-state index contributed by atoms with van der Waals surface area (Å²) >= 11 is 3.31. The van der Waals surface area contributed by atoms with E-state index >= 15 is 0 Å². The molecule has 0 saturated carbocycles. The molecule has 45 heavy (non-hydrogen) atoms. The van der Waals surface area contributed by atoms with Gasteiger partial charge in [-0.3, -0.25) is 9.59 Å². The molecule has 1 aliphatic rings. The van der Waals surface area contributed by atoms with E-state index in [4.69, 9.17) is 18.6 Å². The van der Waals surface area contributed by atoms with Gasteiger partial charge in [-0.1, -0.05) is 140 Å². The third-order valence-corrected chi connectivity index (χ3v) is 14.0. The van der Waals surface area contributed by atoms with Crippen molar-refractivity contribution in [2.24, 2.45) is 11.3 Å². The third kappa shape index (κ3) is 7.41. The number of methoxy groups -OCH3 is 2. The maximum atomic E-state index is 13.5. The monoisotopic (exact) mass is 690 g/mol. The number of hydrogen-bond acceptors (Lipinski definition) is 6. The lowest BCUT2D eigenvalue weighted by atomic mass is 9.72. The zero-order chi connectivity index (χ0) is 32.5. The van der Waals surface area contributed by atoms with Crippen LogP contribution in [0.2, 0.25) is 5.04 Å². The lowest BCUT2D eigenvalue weighted by Crippen LogP contribution is -2.68. The summed E-state index contributed by atoms with van der Waals surface area (Å²) in [5, 5.41) is 2.02. The summed E-state index contributed by atoms with van der Waals surface area (Å²) in [6, 6.07) is 30.9. The third-order valence-electron chi connectivity index (χ3n) is 8.59. The van der Waals surface area contributed by atoms with Gasteiger partial charge < -0.3 is 18.6 Å². The van der Waals surface area contributed by atoms with Gasteiger partial charge in [-0.25, -0.2) is 0 Å². The van der Waals surface area contributed by atoms with Crippen molar-refractivity contribution in [2.45, 2.75) is 57.5 Å². The summed E-state index contributed by atoms with van der Waals surface area (Å²) in [6.07, 6.45) is 5.52. The second kappa shape index (κ2) is 15.3. The number of rotatable bonds is 11. The predicted octanol–water partition coefficient (Wildman–Crippen LogP) is 6.72. The molecule has 3 aromatic carbocycles. The van der Waals surface area contributed by atoms with Crippen LogP contribution >= 0.6 is 15.9 Å². The Morgan fingerprint density at radius 3 is 1.78 bits per heavy atom. The van der Waals surface area contributed by atoms with Crippen molar-refractivity contribution in [3.8, 4) is 0 Å². The van der Waals surface area contributed by atoms with E-state index < -0.39 is 37.7 Å². The molecule has 238 valence electrons. The molecule has 0 amide bonds. The molecule has 0 bridgehead atoms. The summed E-state index contributed by atoms with van der Waals surface area (Å²) < 4.78 is 24.5. The van der Waals surface area contributed by atoms with Crippen LogP contribution in [0.4, 0.5) is 0 Å². The van der Waals surface area contributed by atoms with Crippen molar-refractivity contribution in [3.63, 3.8) is 0 Å². The van der Waals surface area contributed by atoms with E-state index in [1.165, 1.54) is 25.3 Å². The highest BCUT2D eigenvalue weighted by atomic mass is 79.9. The van der Waals surface area contributed by atoms with Gasteiger partial charge in [-0.2, -0.15) is 0 Å². The first-order valence-corrected chi connectivity index (χ1v) is 18.0. The largest absolute Gasteiger partial charge is 0.468 e. The van der Waals surface area contributed by atoms with E-state index in [9.17, 15) is 9.59 Å². The van der Waals surface area contributed by atoms with Crippen molar-refractivity contribution in [1.29, 1.82) is 0 Å². The van der Waals surface area contributed by atoms with Gasteiger partial charge in [-0.05, 0) is 38.5 Å². The Labute approximate surface area is 276 Å². The molecule has 6 nitrogen and oxygen atoms in total. The zero-order valence-electron chi connectivity index (χ0n) is 26.7. The normalized spacial score (nSPS) is 19.2. The molecule has 8 heteroatoms. The number of benzene rings is 3. The fourth-order valence-corrected chi connectivity index (χ4v) is 11.5. The Balaban J connectivity index is 1.86. The van der Waals surface area contributed by atoms with E-state index in [0.717, 1.165) is 15.9 Å². The van der Waals surface area contributed by atoms with Crippen molar-refractivity contribution in [3.05, 3.63) is 120 Å². The number of hydrogen-bond donors (Lipinski definition) is 0. The van der Waals surface area contributed by atoms with E-state index in [-0.39, 0.29) is 11.1 Å². The molecule has 0 saturated heterocycles. The molecule has 0 radical (unpaired) electrons. The Morgan fingerprint density at radius 2 is 1.31 bits per heavy atom. The highest BCUT2D eigenvalue weighted by Crippen LogP contribution is 2.43. The van der Waals surface area contributed by atoms with Crippen LogP contribution in [0, 0.1) is 11.3 Å². The maximum absolute atomic E-state index is 13.5. The Kier molecular flexibility index (Phi) is 11.8. The topological polar surface area (TPSA) is 71.1 Å². The van der Waals surface area contributed by atoms with Gasteiger partial charge in [0.1, 0.15) is 0 Å². The minimum Gasteiger partial charge on any atom is -0.468 e. The smallest absolute Gasteiger partial charge is 0.327 e. The van der Waals surface area contributed by atoms with Crippen LogP contribution < -0.4 is 10.4 Å². The maximum Gasteiger partial charge on any atom is 0.327 e. The van der Waals surface area contributed by atoms with Crippen molar-refractivity contribution >= 4 is 46.6 Å². The van der Waals surface area contributed by atoms with Crippen LogP contribution in [0.15, 0.2) is 114 Å². The molecule has 0 spiro atoms. The highest BCUT2D eigenvalue weighted by Gasteiger charge is 2.55. The second-order valence-corrected chi connectivity index (χ2v) is 17.1. The van der Waals surface area contributed by atoms with Crippen LogP contribution in [-0.4, -0.2) is 46.7 Å². The average Bonchev–Trinajstić information content (AvgIpc) is 3.27. The fourth-order valence-electron chi connectivity index (χ4n) is 6.41. The second-order valence-electron chi connectivity index (χ2n) is 12.3. The first-order chi connectivity index (χ1) is 21.6. The molecular formula is C37H43BrO6Si. The quantitative estimate of drug-likeness (QED) is 0.0963. The zero-order valence-corrected chi connectivity index (χ0v) is 29.2. The molecule has 0 unspecified atom stereocenters. The minimum atomic E-state index is -3.00. The van der Waals surface area contributed by atoms with Crippen molar-refractivity contribution in [2.75, 3.05) is 14.2 Å². The number of ether oxygens (including phenoxy) is 3. The van der Waals surface area contributed by atoms with Crippen LogP contribution in [0.3, 0.4) is 0 Å². The van der Waals surface area contributed by atoms with Crippen LogP contribution in [0.5, 0.6) is 0 Å². The van der Waals surface area contributed by atoms with E-state index in [2.05, 4.69) is 85.2 Å². The Bertz CT molecular complexity index is 1400. The molecule has 0 aromatic heterocycles. The molecule has 0 fully saturated rings. The predicted molar refractivity (Wildman–Crippen MR) is 184 cm³/mol. The van der Waals surface area contributed by atoms with Crippen molar-refractivity contribution < 1.29 is 28.2 Å². The summed E-state index contributed by atoms with van der Waals surface area (Å²) in [4.78, 5) is 28.6. The van der Waals surface area contributed by atoms with Crippen LogP contribution in [0.25, 0.3) is 0 Å². The number of allylic oxidation sites excluding steroid dienone is 1. The summed E-state index contributed by atoms with van der Waals surface area (Å²) in [6.45, 7) is 7.11. The number of carbonyl (C=O) groups is 2.